The lowest BCUT2D eigenvalue weighted by Gasteiger charge is -2.11. The molecular weight excluding hydrogens is 370 g/mol. The van der Waals surface area contributed by atoms with Crippen LogP contribution in [0, 0.1) is 12.8 Å². The van der Waals surface area contributed by atoms with Crippen LogP contribution in [-0.2, 0) is 16.1 Å². The number of aryl methyl sites for hydroxylation is 1. The normalized spacial score (nSPS) is 16.3. The Kier molecular flexibility index (Phi) is 5.07. The number of nitrogens with one attached hydrogen (secondary N) is 1. The second kappa shape index (κ2) is 7.83. The van der Waals surface area contributed by atoms with Crippen molar-refractivity contribution in [2.24, 2.45) is 5.92 Å². The molecule has 2 aromatic heterocycles. The van der Waals surface area contributed by atoms with Gasteiger partial charge in [-0.15, -0.1) is 0 Å². The average Bonchev–Trinajstić information content (AvgIpc) is 3.32. The van der Waals surface area contributed by atoms with Crippen LogP contribution in [0.2, 0.25) is 0 Å². The van der Waals surface area contributed by atoms with Crippen LogP contribution in [0.5, 0.6) is 0 Å². The molecule has 0 aliphatic carbocycles. The first-order chi connectivity index (χ1) is 14.0. The number of carbonyl (C=O) groups excluding carboxylic acids is 2. The molecule has 0 spiro atoms. The molecule has 1 atom stereocenters. The highest BCUT2D eigenvalue weighted by Crippen LogP contribution is 2.30. The molecule has 1 saturated heterocycles. The summed E-state index contributed by atoms with van der Waals surface area (Å²) in [5.74, 6) is 0.258. The molecule has 1 aliphatic heterocycles. The summed E-state index contributed by atoms with van der Waals surface area (Å²) >= 11 is 0. The van der Waals surface area contributed by atoms with Crippen LogP contribution in [0.1, 0.15) is 17.7 Å². The first-order valence-corrected chi connectivity index (χ1v) is 9.36. The van der Waals surface area contributed by atoms with Gasteiger partial charge in [0.1, 0.15) is 6.33 Å². The molecule has 0 radical (unpaired) electrons. The fourth-order valence-electron chi connectivity index (χ4n) is 3.38. The molecular formula is C21H21N5O3. The van der Waals surface area contributed by atoms with Crippen LogP contribution in [0.15, 0.2) is 47.4 Å². The van der Waals surface area contributed by atoms with Gasteiger partial charge in [0.15, 0.2) is 5.76 Å². The third-order valence-electron chi connectivity index (χ3n) is 5.01. The minimum Gasteiger partial charge on any atom is -0.356 e. The molecule has 1 aliphatic rings. The number of nitrogens with zero attached hydrogens (tertiary/aromatic N) is 4. The Bertz CT molecular complexity index is 1040. The van der Waals surface area contributed by atoms with Crippen molar-refractivity contribution in [2.75, 3.05) is 13.6 Å². The second-order valence-electron chi connectivity index (χ2n) is 7.21. The van der Waals surface area contributed by atoms with Crippen molar-refractivity contribution in [1.29, 1.82) is 0 Å². The van der Waals surface area contributed by atoms with Crippen molar-refractivity contribution in [3.8, 4) is 22.6 Å². The Labute approximate surface area is 167 Å². The van der Waals surface area contributed by atoms with Crippen molar-refractivity contribution in [3.63, 3.8) is 0 Å². The van der Waals surface area contributed by atoms with Crippen LogP contribution in [0.25, 0.3) is 22.6 Å². The molecule has 3 heterocycles. The van der Waals surface area contributed by atoms with Gasteiger partial charge in [-0.05, 0) is 12.5 Å². The first kappa shape index (κ1) is 18.8. The summed E-state index contributed by atoms with van der Waals surface area (Å²) in [7, 11) is 1.72. The van der Waals surface area contributed by atoms with Gasteiger partial charge >= 0.3 is 0 Å². The van der Waals surface area contributed by atoms with Crippen molar-refractivity contribution in [1.82, 2.24) is 25.3 Å². The lowest BCUT2D eigenvalue weighted by atomic mass is 10.0. The predicted octanol–water partition coefficient (Wildman–Crippen LogP) is 2.20. The van der Waals surface area contributed by atoms with Crippen LogP contribution >= 0.6 is 0 Å². The number of hydrogen-bond donors (Lipinski definition) is 1. The van der Waals surface area contributed by atoms with Crippen molar-refractivity contribution in [3.05, 3.63) is 54.1 Å². The molecule has 0 saturated carbocycles. The monoisotopic (exact) mass is 391 g/mol. The van der Waals surface area contributed by atoms with Gasteiger partial charge in [-0.2, -0.15) is 0 Å². The summed E-state index contributed by atoms with van der Waals surface area (Å²) < 4.78 is 5.36. The molecule has 0 bridgehead atoms. The van der Waals surface area contributed by atoms with E-state index in [2.05, 4.69) is 20.4 Å². The van der Waals surface area contributed by atoms with Crippen LogP contribution in [-0.4, -0.2) is 45.4 Å². The zero-order valence-corrected chi connectivity index (χ0v) is 16.3. The number of carbonyl (C=O) groups is 2. The zero-order valence-electron chi connectivity index (χ0n) is 16.3. The van der Waals surface area contributed by atoms with Gasteiger partial charge in [0.25, 0.3) is 0 Å². The van der Waals surface area contributed by atoms with E-state index in [1.54, 1.807) is 18.1 Å². The molecule has 4 rings (SSSR count). The molecule has 2 amide bonds. The van der Waals surface area contributed by atoms with E-state index in [9.17, 15) is 9.59 Å². The third-order valence-corrected chi connectivity index (χ3v) is 5.01. The molecule has 8 heteroatoms. The molecule has 1 N–H and O–H groups in total. The number of benzene rings is 1. The predicted molar refractivity (Wildman–Crippen MR) is 105 cm³/mol. The summed E-state index contributed by atoms with van der Waals surface area (Å²) in [6.07, 6.45) is 3.48. The molecule has 1 fully saturated rings. The summed E-state index contributed by atoms with van der Waals surface area (Å²) in [6, 6.07) is 9.63. The standard InChI is InChI=1S/C21H21N5O3/c1-13-7-18(29-25-13)17-10-22-12-24-20(17)15-5-3-14(4-6-15)9-23-21(28)16-8-19(27)26(2)11-16/h3-7,10,12,16H,8-9,11H2,1-2H3,(H,23,28)/t16-/m0/s1. The topological polar surface area (TPSA) is 101 Å². The van der Waals surface area contributed by atoms with Crippen molar-refractivity contribution in [2.45, 2.75) is 19.9 Å². The van der Waals surface area contributed by atoms with Gasteiger partial charge in [0, 0.05) is 44.4 Å². The Morgan fingerprint density at radius 3 is 2.76 bits per heavy atom. The highest BCUT2D eigenvalue weighted by molar-refractivity contribution is 5.89. The van der Waals surface area contributed by atoms with Crippen LogP contribution < -0.4 is 5.32 Å². The molecule has 0 unspecified atom stereocenters. The van der Waals surface area contributed by atoms with Gasteiger partial charge in [-0.25, -0.2) is 9.97 Å². The van der Waals surface area contributed by atoms with E-state index in [0.717, 1.165) is 28.1 Å². The maximum absolute atomic E-state index is 12.3. The van der Waals surface area contributed by atoms with E-state index in [0.29, 0.717) is 18.8 Å². The Morgan fingerprint density at radius 2 is 2.10 bits per heavy atom. The number of amides is 2. The summed E-state index contributed by atoms with van der Waals surface area (Å²) in [4.78, 5) is 34.0. The molecule has 148 valence electrons. The second-order valence-corrected chi connectivity index (χ2v) is 7.21. The lowest BCUT2D eigenvalue weighted by Crippen LogP contribution is -2.31. The van der Waals surface area contributed by atoms with E-state index in [4.69, 9.17) is 4.52 Å². The highest BCUT2D eigenvalue weighted by Gasteiger charge is 2.31. The van der Waals surface area contributed by atoms with Gasteiger partial charge in [0.05, 0.1) is 22.9 Å². The minimum absolute atomic E-state index is 0.0112. The molecule has 3 aromatic rings. The van der Waals surface area contributed by atoms with Gasteiger partial charge in [0.2, 0.25) is 11.8 Å². The Hall–Kier alpha value is -3.55. The largest absolute Gasteiger partial charge is 0.356 e. The van der Waals surface area contributed by atoms with E-state index < -0.39 is 0 Å². The third kappa shape index (κ3) is 4.01. The lowest BCUT2D eigenvalue weighted by molar-refractivity contribution is -0.128. The van der Waals surface area contributed by atoms with Gasteiger partial charge in [-0.1, -0.05) is 29.4 Å². The fraction of sp³-hybridized carbons (Fsp3) is 0.286. The number of hydrogen-bond acceptors (Lipinski definition) is 6. The smallest absolute Gasteiger partial charge is 0.225 e. The van der Waals surface area contributed by atoms with E-state index in [-0.39, 0.29) is 24.2 Å². The molecule has 29 heavy (non-hydrogen) atoms. The van der Waals surface area contributed by atoms with E-state index in [1.807, 2.05) is 37.3 Å². The van der Waals surface area contributed by atoms with Gasteiger partial charge in [-0.3, -0.25) is 9.59 Å². The van der Waals surface area contributed by atoms with Crippen LogP contribution in [0.3, 0.4) is 0 Å². The van der Waals surface area contributed by atoms with E-state index >= 15 is 0 Å². The Balaban J connectivity index is 1.45. The number of aromatic nitrogens is 3. The maximum Gasteiger partial charge on any atom is 0.225 e. The minimum atomic E-state index is -0.277. The summed E-state index contributed by atoms with van der Waals surface area (Å²) in [5.41, 5.74) is 4.18. The Morgan fingerprint density at radius 1 is 1.31 bits per heavy atom. The average molecular weight is 391 g/mol. The fourth-order valence-corrected chi connectivity index (χ4v) is 3.38. The summed E-state index contributed by atoms with van der Waals surface area (Å²) in [6.45, 7) is 2.74. The maximum atomic E-state index is 12.3. The molecule has 1 aromatic carbocycles. The van der Waals surface area contributed by atoms with Crippen molar-refractivity contribution >= 4 is 11.8 Å². The molecule has 8 nitrogen and oxygen atoms in total. The quantitative estimate of drug-likeness (QED) is 0.716. The number of rotatable bonds is 5. The highest BCUT2D eigenvalue weighted by atomic mass is 16.5. The zero-order chi connectivity index (χ0) is 20.4. The van der Waals surface area contributed by atoms with E-state index in [1.165, 1.54) is 6.33 Å². The van der Waals surface area contributed by atoms with Gasteiger partial charge < -0.3 is 14.7 Å². The first-order valence-electron chi connectivity index (χ1n) is 9.36. The van der Waals surface area contributed by atoms with Crippen LogP contribution in [0.4, 0.5) is 0 Å². The number of likely N-dealkylation sites (tertiary alicyclic amines) is 1. The summed E-state index contributed by atoms with van der Waals surface area (Å²) in [5, 5.41) is 6.84. The van der Waals surface area contributed by atoms with Crippen molar-refractivity contribution < 1.29 is 14.1 Å². The SMILES string of the molecule is Cc1cc(-c2cncnc2-c2ccc(CNC(=O)[C@H]3CC(=O)N(C)C3)cc2)on1.